The molecular formula is C16H28O4. The Hall–Kier alpha value is -1.13. The predicted octanol–water partition coefficient (Wildman–Crippen LogP) is 3.62. The Morgan fingerprint density at radius 3 is 2.35 bits per heavy atom. The third-order valence-corrected chi connectivity index (χ3v) is 2.92. The van der Waals surface area contributed by atoms with Crippen LogP contribution >= 0.6 is 0 Å². The van der Waals surface area contributed by atoms with Crippen molar-refractivity contribution in [2.24, 2.45) is 0 Å². The zero-order chi connectivity index (χ0) is 15.2. The van der Waals surface area contributed by atoms with Gasteiger partial charge in [0.05, 0.1) is 13.7 Å². The normalized spacial score (nSPS) is 12.6. The summed E-state index contributed by atoms with van der Waals surface area (Å²) in [5.74, 6) is -0.347. The lowest BCUT2D eigenvalue weighted by molar-refractivity contribution is -0.134. The van der Waals surface area contributed by atoms with E-state index in [-0.39, 0.29) is 12.8 Å². The van der Waals surface area contributed by atoms with E-state index in [1.165, 1.54) is 18.8 Å². The van der Waals surface area contributed by atoms with Crippen LogP contribution in [0.1, 0.15) is 46.0 Å². The first-order chi connectivity index (χ1) is 9.69. The van der Waals surface area contributed by atoms with Crippen LogP contribution in [0.15, 0.2) is 23.3 Å². The number of methoxy groups -OCH3 is 2. The van der Waals surface area contributed by atoms with Gasteiger partial charge < -0.3 is 14.2 Å². The molecular weight excluding hydrogens is 256 g/mol. The molecule has 0 saturated carbocycles. The SMILES string of the molecule is CCCC/C(CCC)=C(/C=C/C(=O)OC)COCOC. The summed E-state index contributed by atoms with van der Waals surface area (Å²) in [7, 11) is 2.97. The van der Waals surface area contributed by atoms with Crippen molar-refractivity contribution >= 4 is 5.97 Å². The molecule has 0 aliphatic rings. The van der Waals surface area contributed by atoms with E-state index < -0.39 is 0 Å². The molecule has 0 aromatic heterocycles. The molecule has 0 aliphatic heterocycles. The van der Waals surface area contributed by atoms with Crippen LogP contribution in [0.25, 0.3) is 0 Å². The Bertz CT molecular complexity index is 318. The Kier molecular flexibility index (Phi) is 12.2. The monoisotopic (exact) mass is 284 g/mol. The maximum absolute atomic E-state index is 11.2. The van der Waals surface area contributed by atoms with E-state index in [0.717, 1.165) is 37.7 Å². The molecule has 4 nitrogen and oxygen atoms in total. The predicted molar refractivity (Wildman–Crippen MR) is 80.4 cm³/mol. The van der Waals surface area contributed by atoms with Gasteiger partial charge in [0, 0.05) is 13.2 Å². The van der Waals surface area contributed by atoms with Crippen molar-refractivity contribution in [3.8, 4) is 0 Å². The van der Waals surface area contributed by atoms with Crippen molar-refractivity contribution < 1.29 is 19.0 Å². The molecule has 0 rings (SSSR count). The molecule has 0 N–H and O–H groups in total. The van der Waals surface area contributed by atoms with Gasteiger partial charge in [-0.25, -0.2) is 4.79 Å². The number of carbonyl (C=O) groups is 1. The molecule has 0 aromatic carbocycles. The van der Waals surface area contributed by atoms with Crippen LogP contribution in [0.2, 0.25) is 0 Å². The number of carbonyl (C=O) groups excluding carboxylic acids is 1. The molecule has 0 unspecified atom stereocenters. The van der Waals surface area contributed by atoms with Crippen molar-refractivity contribution in [2.75, 3.05) is 27.6 Å². The molecule has 4 heteroatoms. The van der Waals surface area contributed by atoms with Crippen LogP contribution in [0.4, 0.5) is 0 Å². The Morgan fingerprint density at radius 1 is 1.05 bits per heavy atom. The second kappa shape index (κ2) is 12.9. The lowest BCUT2D eigenvalue weighted by Crippen LogP contribution is -2.04. The summed E-state index contributed by atoms with van der Waals surface area (Å²) < 4.78 is 15.0. The molecule has 0 aromatic rings. The van der Waals surface area contributed by atoms with Gasteiger partial charge in [0.25, 0.3) is 0 Å². The van der Waals surface area contributed by atoms with Gasteiger partial charge in [-0.05, 0) is 30.9 Å². The number of allylic oxidation sites excluding steroid dienone is 1. The summed E-state index contributed by atoms with van der Waals surface area (Å²) in [6.07, 6.45) is 8.71. The number of ether oxygens (including phenoxy) is 3. The quantitative estimate of drug-likeness (QED) is 0.191. The second-order valence-corrected chi connectivity index (χ2v) is 4.59. The zero-order valence-corrected chi connectivity index (χ0v) is 13.2. The molecule has 0 atom stereocenters. The van der Waals surface area contributed by atoms with Crippen molar-refractivity contribution in [1.82, 2.24) is 0 Å². The first-order valence-electron chi connectivity index (χ1n) is 7.23. The molecule has 0 radical (unpaired) electrons. The highest BCUT2D eigenvalue weighted by atomic mass is 16.7. The van der Waals surface area contributed by atoms with E-state index in [9.17, 15) is 4.79 Å². The first kappa shape index (κ1) is 18.9. The number of unbranched alkanes of at least 4 members (excludes halogenated alkanes) is 1. The Balaban J connectivity index is 4.95. The fourth-order valence-corrected chi connectivity index (χ4v) is 1.88. The molecule has 0 aliphatic carbocycles. The topological polar surface area (TPSA) is 44.8 Å². The molecule has 116 valence electrons. The molecule has 0 fully saturated rings. The molecule has 0 heterocycles. The van der Waals surface area contributed by atoms with Crippen molar-refractivity contribution in [2.45, 2.75) is 46.0 Å². The summed E-state index contributed by atoms with van der Waals surface area (Å²) in [4.78, 5) is 11.2. The lowest BCUT2D eigenvalue weighted by Gasteiger charge is -2.12. The van der Waals surface area contributed by atoms with Crippen LogP contribution in [0.5, 0.6) is 0 Å². The average Bonchev–Trinajstić information content (AvgIpc) is 2.47. The third kappa shape index (κ3) is 8.88. The largest absolute Gasteiger partial charge is 0.466 e. The summed E-state index contributed by atoms with van der Waals surface area (Å²) in [5.41, 5.74) is 2.41. The van der Waals surface area contributed by atoms with E-state index in [2.05, 4.69) is 18.6 Å². The van der Waals surface area contributed by atoms with Gasteiger partial charge in [0.2, 0.25) is 0 Å². The van der Waals surface area contributed by atoms with Crippen LogP contribution < -0.4 is 0 Å². The fourth-order valence-electron chi connectivity index (χ4n) is 1.88. The van der Waals surface area contributed by atoms with Crippen LogP contribution in [0, 0.1) is 0 Å². The molecule has 0 amide bonds. The van der Waals surface area contributed by atoms with Gasteiger partial charge in [0.1, 0.15) is 6.79 Å². The summed E-state index contributed by atoms with van der Waals surface area (Å²) in [5, 5.41) is 0. The number of hydrogen-bond acceptors (Lipinski definition) is 4. The van der Waals surface area contributed by atoms with Crippen molar-refractivity contribution in [3.05, 3.63) is 23.3 Å². The summed E-state index contributed by atoms with van der Waals surface area (Å²) >= 11 is 0. The fraction of sp³-hybridized carbons (Fsp3) is 0.688. The highest BCUT2D eigenvalue weighted by molar-refractivity contribution is 5.82. The van der Waals surface area contributed by atoms with Crippen LogP contribution in [-0.2, 0) is 19.0 Å². The highest BCUT2D eigenvalue weighted by Gasteiger charge is 2.05. The van der Waals surface area contributed by atoms with Gasteiger partial charge in [-0.15, -0.1) is 0 Å². The number of esters is 1. The second-order valence-electron chi connectivity index (χ2n) is 4.59. The van der Waals surface area contributed by atoms with Gasteiger partial charge in [-0.3, -0.25) is 0 Å². The Morgan fingerprint density at radius 2 is 1.80 bits per heavy atom. The smallest absolute Gasteiger partial charge is 0.330 e. The van der Waals surface area contributed by atoms with Crippen LogP contribution in [-0.4, -0.2) is 33.6 Å². The maximum atomic E-state index is 11.2. The number of hydrogen-bond donors (Lipinski definition) is 0. The molecule has 0 saturated heterocycles. The third-order valence-electron chi connectivity index (χ3n) is 2.92. The minimum absolute atomic E-state index is 0.253. The zero-order valence-electron chi connectivity index (χ0n) is 13.2. The van der Waals surface area contributed by atoms with E-state index in [1.54, 1.807) is 7.11 Å². The molecule has 0 bridgehead atoms. The van der Waals surface area contributed by atoms with Crippen molar-refractivity contribution in [1.29, 1.82) is 0 Å². The highest BCUT2D eigenvalue weighted by Crippen LogP contribution is 2.20. The maximum Gasteiger partial charge on any atom is 0.330 e. The Labute approximate surface area is 122 Å². The lowest BCUT2D eigenvalue weighted by atomic mass is 9.98. The number of rotatable bonds is 11. The minimum atomic E-state index is -0.347. The standard InChI is InChI=1S/C16H28O4/c1-5-7-9-14(8-6-2)15(12-20-13-18-3)10-11-16(17)19-4/h10-11H,5-9,12-13H2,1-4H3/b11-10+,15-14-. The van der Waals surface area contributed by atoms with E-state index >= 15 is 0 Å². The summed E-state index contributed by atoms with van der Waals surface area (Å²) in [6.45, 7) is 5.04. The van der Waals surface area contributed by atoms with Gasteiger partial charge in [0.15, 0.2) is 0 Å². The minimum Gasteiger partial charge on any atom is -0.466 e. The van der Waals surface area contributed by atoms with Gasteiger partial charge >= 0.3 is 5.97 Å². The average molecular weight is 284 g/mol. The van der Waals surface area contributed by atoms with Gasteiger partial charge in [-0.2, -0.15) is 0 Å². The van der Waals surface area contributed by atoms with E-state index in [1.807, 2.05) is 6.08 Å². The van der Waals surface area contributed by atoms with E-state index in [0.29, 0.717) is 6.61 Å². The van der Waals surface area contributed by atoms with Crippen molar-refractivity contribution in [3.63, 3.8) is 0 Å². The van der Waals surface area contributed by atoms with Gasteiger partial charge in [-0.1, -0.05) is 32.3 Å². The van der Waals surface area contributed by atoms with Crippen LogP contribution in [0.3, 0.4) is 0 Å². The summed E-state index contributed by atoms with van der Waals surface area (Å²) in [6, 6.07) is 0. The first-order valence-corrected chi connectivity index (χ1v) is 7.23. The molecule has 20 heavy (non-hydrogen) atoms. The van der Waals surface area contributed by atoms with E-state index in [4.69, 9.17) is 9.47 Å². The molecule has 0 spiro atoms.